The van der Waals surface area contributed by atoms with Crippen LogP contribution in [0.15, 0.2) is 66.7 Å². The van der Waals surface area contributed by atoms with Crippen molar-refractivity contribution >= 4 is 34.7 Å². The van der Waals surface area contributed by atoms with Gasteiger partial charge in [-0.15, -0.1) is 12.4 Å². The number of nitrogens with one attached hydrogen (secondary N) is 1. The molecule has 0 bridgehead atoms. The molecule has 1 heterocycles. The monoisotopic (exact) mass is 397 g/mol. The highest BCUT2D eigenvalue weighted by Gasteiger charge is 2.13. The Morgan fingerprint density at radius 1 is 1.04 bits per heavy atom. The van der Waals surface area contributed by atoms with Gasteiger partial charge in [0, 0.05) is 23.7 Å². The zero-order valence-corrected chi connectivity index (χ0v) is 16.5. The van der Waals surface area contributed by atoms with Crippen LogP contribution >= 0.6 is 12.4 Å². The summed E-state index contributed by atoms with van der Waals surface area (Å²) in [5.74, 6) is 0.583. The van der Waals surface area contributed by atoms with Crippen LogP contribution in [0, 0.1) is 5.82 Å². The lowest BCUT2D eigenvalue weighted by molar-refractivity contribution is 0.341. The minimum Gasteiger partial charge on any atom is -0.492 e. The quantitative estimate of drug-likeness (QED) is 0.452. The third kappa shape index (κ3) is 3.66. The predicted molar refractivity (Wildman–Crippen MR) is 114 cm³/mol. The van der Waals surface area contributed by atoms with Crippen LogP contribution in [0.5, 0.6) is 5.75 Å². The van der Waals surface area contributed by atoms with Crippen LogP contribution in [0.2, 0.25) is 0 Å². The molecule has 1 N–H and O–H groups in total. The van der Waals surface area contributed by atoms with Gasteiger partial charge in [0.25, 0.3) is 0 Å². The van der Waals surface area contributed by atoms with Gasteiger partial charge in [-0.1, -0.05) is 12.1 Å². The fourth-order valence-corrected chi connectivity index (χ4v) is 3.19. The van der Waals surface area contributed by atoms with E-state index in [-0.39, 0.29) is 18.2 Å². The SMILES string of the molecule is CCOc1ccccc1N(C)c1ccc2[nH]nc(-c3ccc(F)cc3)c2c1.Cl. The molecule has 0 radical (unpaired) electrons. The third-order valence-electron chi connectivity index (χ3n) is 4.58. The molecule has 1 aromatic heterocycles. The van der Waals surface area contributed by atoms with Crippen LogP contribution in [0.1, 0.15) is 6.92 Å². The first kappa shape index (κ1) is 19.7. The van der Waals surface area contributed by atoms with E-state index in [1.54, 1.807) is 12.1 Å². The number of anilines is 2. The number of ether oxygens (including phenoxy) is 1. The van der Waals surface area contributed by atoms with Gasteiger partial charge in [0.15, 0.2) is 0 Å². The van der Waals surface area contributed by atoms with Gasteiger partial charge in [0.05, 0.1) is 23.5 Å². The molecule has 4 aromatic rings. The summed E-state index contributed by atoms with van der Waals surface area (Å²) >= 11 is 0. The number of rotatable bonds is 5. The summed E-state index contributed by atoms with van der Waals surface area (Å²) in [4.78, 5) is 2.09. The topological polar surface area (TPSA) is 41.1 Å². The van der Waals surface area contributed by atoms with Crippen molar-refractivity contribution in [1.82, 2.24) is 10.2 Å². The van der Waals surface area contributed by atoms with Gasteiger partial charge in [-0.05, 0) is 61.5 Å². The minimum absolute atomic E-state index is 0. The van der Waals surface area contributed by atoms with E-state index in [0.29, 0.717) is 6.61 Å². The van der Waals surface area contributed by atoms with E-state index in [9.17, 15) is 4.39 Å². The maximum absolute atomic E-state index is 13.3. The van der Waals surface area contributed by atoms with E-state index >= 15 is 0 Å². The van der Waals surface area contributed by atoms with Crippen molar-refractivity contribution in [3.8, 4) is 17.0 Å². The fourth-order valence-electron chi connectivity index (χ4n) is 3.19. The number of halogens is 2. The Labute approximate surface area is 169 Å². The lowest BCUT2D eigenvalue weighted by Gasteiger charge is -2.22. The number of fused-ring (bicyclic) bond motifs is 1. The van der Waals surface area contributed by atoms with Crippen LogP contribution in [0.4, 0.5) is 15.8 Å². The van der Waals surface area contributed by atoms with Crippen LogP contribution in [0.3, 0.4) is 0 Å². The molecule has 0 aliphatic rings. The maximum atomic E-state index is 13.3. The van der Waals surface area contributed by atoms with Crippen molar-refractivity contribution in [1.29, 1.82) is 0 Å². The smallest absolute Gasteiger partial charge is 0.142 e. The first-order valence-electron chi connectivity index (χ1n) is 8.87. The Hall–Kier alpha value is -3.05. The van der Waals surface area contributed by atoms with Crippen molar-refractivity contribution in [2.75, 3.05) is 18.6 Å². The van der Waals surface area contributed by atoms with E-state index in [2.05, 4.69) is 21.2 Å². The lowest BCUT2D eigenvalue weighted by atomic mass is 10.1. The number of benzene rings is 3. The second-order valence-corrected chi connectivity index (χ2v) is 6.27. The minimum atomic E-state index is -0.258. The molecule has 0 aliphatic heterocycles. The molecule has 0 fully saturated rings. The molecule has 144 valence electrons. The highest BCUT2D eigenvalue weighted by atomic mass is 35.5. The molecule has 0 saturated heterocycles. The van der Waals surface area contributed by atoms with Crippen molar-refractivity contribution in [2.24, 2.45) is 0 Å². The first-order valence-corrected chi connectivity index (χ1v) is 8.87. The molecular formula is C22H21ClFN3O. The Bertz CT molecular complexity index is 1080. The van der Waals surface area contributed by atoms with E-state index in [1.807, 2.05) is 50.4 Å². The van der Waals surface area contributed by atoms with Gasteiger partial charge >= 0.3 is 0 Å². The van der Waals surface area contributed by atoms with Crippen LogP contribution < -0.4 is 9.64 Å². The van der Waals surface area contributed by atoms with E-state index in [0.717, 1.165) is 39.3 Å². The maximum Gasteiger partial charge on any atom is 0.142 e. The molecule has 4 rings (SSSR count). The van der Waals surface area contributed by atoms with E-state index < -0.39 is 0 Å². The fraction of sp³-hybridized carbons (Fsp3) is 0.136. The zero-order valence-electron chi connectivity index (χ0n) is 15.6. The Morgan fingerprint density at radius 3 is 2.54 bits per heavy atom. The average Bonchev–Trinajstić information content (AvgIpc) is 3.12. The summed E-state index contributed by atoms with van der Waals surface area (Å²) < 4.78 is 19.0. The van der Waals surface area contributed by atoms with Gasteiger partial charge in [-0.3, -0.25) is 5.10 Å². The molecule has 28 heavy (non-hydrogen) atoms. The van der Waals surface area contributed by atoms with Crippen molar-refractivity contribution < 1.29 is 9.13 Å². The highest BCUT2D eigenvalue weighted by Crippen LogP contribution is 2.35. The lowest BCUT2D eigenvalue weighted by Crippen LogP contribution is -2.11. The summed E-state index contributed by atoms with van der Waals surface area (Å²) in [6.07, 6.45) is 0. The number of hydrogen-bond donors (Lipinski definition) is 1. The Morgan fingerprint density at radius 2 is 1.79 bits per heavy atom. The number of hydrogen-bond acceptors (Lipinski definition) is 3. The zero-order chi connectivity index (χ0) is 18.8. The third-order valence-corrected chi connectivity index (χ3v) is 4.58. The van der Waals surface area contributed by atoms with Gasteiger partial charge in [-0.25, -0.2) is 4.39 Å². The van der Waals surface area contributed by atoms with Crippen LogP contribution in [0.25, 0.3) is 22.2 Å². The normalized spacial score (nSPS) is 10.5. The second kappa shape index (κ2) is 8.31. The van der Waals surface area contributed by atoms with Crippen LogP contribution in [-0.4, -0.2) is 23.9 Å². The number of H-pyrrole nitrogens is 1. The summed E-state index contributed by atoms with van der Waals surface area (Å²) in [6.45, 7) is 2.59. The van der Waals surface area contributed by atoms with Crippen molar-refractivity contribution in [2.45, 2.75) is 6.92 Å². The van der Waals surface area contributed by atoms with Gasteiger partial charge in [-0.2, -0.15) is 5.10 Å². The van der Waals surface area contributed by atoms with Gasteiger partial charge < -0.3 is 9.64 Å². The number of aromatic nitrogens is 2. The molecule has 0 saturated carbocycles. The van der Waals surface area contributed by atoms with Gasteiger partial charge in [0.1, 0.15) is 11.6 Å². The molecule has 0 atom stereocenters. The molecule has 0 unspecified atom stereocenters. The first-order chi connectivity index (χ1) is 13.2. The summed E-state index contributed by atoms with van der Waals surface area (Å²) in [5.41, 5.74) is 4.62. The van der Waals surface area contributed by atoms with Gasteiger partial charge in [0.2, 0.25) is 0 Å². The largest absolute Gasteiger partial charge is 0.492 e. The molecule has 0 spiro atoms. The van der Waals surface area contributed by atoms with Crippen molar-refractivity contribution in [3.05, 3.63) is 72.5 Å². The number of aromatic amines is 1. The molecule has 3 aromatic carbocycles. The molecule has 0 aliphatic carbocycles. The molecule has 6 heteroatoms. The van der Waals surface area contributed by atoms with E-state index in [1.165, 1.54) is 12.1 Å². The summed E-state index contributed by atoms with van der Waals surface area (Å²) in [5, 5.41) is 8.46. The van der Waals surface area contributed by atoms with E-state index in [4.69, 9.17) is 4.74 Å². The summed E-state index contributed by atoms with van der Waals surface area (Å²) in [7, 11) is 2.01. The number of nitrogens with zero attached hydrogens (tertiary/aromatic N) is 2. The highest BCUT2D eigenvalue weighted by molar-refractivity contribution is 5.95. The molecular weight excluding hydrogens is 377 g/mol. The Kier molecular flexibility index (Phi) is 5.85. The summed E-state index contributed by atoms with van der Waals surface area (Å²) in [6, 6.07) is 20.5. The number of para-hydroxylation sites is 2. The Balaban J connectivity index is 0.00000225. The van der Waals surface area contributed by atoms with Crippen molar-refractivity contribution in [3.63, 3.8) is 0 Å². The average molecular weight is 398 g/mol. The molecule has 4 nitrogen and oxygen atoms in total. The second-order valence-electron chi connectivity index (χ2n) is 6.27. The van der Waals surface area contributed by atoms with Crippen LogP contribution in [-0.2, 0) is 0 Å². The molecule has 0 amide bonds. The standard InChI is InChI=1S/C22H20FN3O.ClH/c1-3-27-21-7-5-4-6-20(21)26(2)17-12-13-19-18(14-17)22(25-24-19)15-8-10-16(23)11-9-15;/h4-14H,3H2,1-2H3,(H,24,25);1H. The predicted octanol–water partition coefficient (Wildman–Crippen LogP) is 5.96.